The molecule has 1 atom stereocenters. The summed E-state index contributed by atoms with van der Waals surface area (Å²) in [6, 6.07) is 3.15. The second kappa shape index (κ2) is 6.19. The van der Waals surface area contributed by atoms with E-state index >= 15 is 0 Å². The molecule has 0 saturated heterocycles. The van der Waals surface area contributed by atoms with Gasteiger partial charge in [0.15, 0.2) is 0 Å². The van der Waals surface area contributed by atoms with Crippen molar-refractivity contribution in [1.29, 1.82) is 0 Å². The lowest BCUT2D eigenvalue weighted by molar-refractivity contribution is 0.0126. The molecule has 1 aromatic rings. The molecule has 0 saturated carbocycles. The first-order chi connectivity index (χ1) is 10.4. The average molecular weight is 382 g/mol. The van der Waals surface area contributed by atoms with Crippen molar-refractivity contribution in [2.24, 2.45) is 0 Å². The van der Waals surface area contributed by atoms with Gasteiger partial charge in [-0.05, 0) is 39.8 Å². The number of carbonyl (C=O) groups is 2. The minimum Gasteiger partial charge on any atom is -0.444 e. The molecule has 1 aromatic heterocycles. The Morgan fingerprint density at radius 1 is 1.17 bits per heavy atom. The Hall–Kier alpha value is -0.910. The van der Waals surface area contributed by atoms with Gasteiger partial charge in [0.1, 0.15) is 5.60 Å². The van der Waals surface area contributed by atoms with E-state index in [1.165, 1.54) is 0 Å². The maximum absolute atomic E-state index is 12.3. The largest absolute Gasteiger partial charge is 0.444 e. The lowest BCUT2D eigenvalue weighted by Gasteiger charge is -2.36. The molecule has 0 bridgehead atoms. The molecule has 0 aliphatic carbocycles. The quantitative estimate of drug-likeness (QED) is 0.536. The molecular weight excluding hydrogens is 363 g/mol. The smallest absolute Gasteiger partial charge is 0.410 e. The molecule has 2 rings (SSSR count). The molecule has 0 spiro atoms. The van der Waals surface area contributed by atoms with Crippen molar-refractivity contribution in [2.45, 2.75) is 49.7 Å². The Morgan fingerprint density at radius 3 is 2.30 bits per heavy atom. The van der Waals surface area contributed by atoms with Crippen molar-refractivity contribution < 1.29 is 14.3 Å². The van der Waals surface area contributed by atoms with Crippen molar-refractivity contribution in [3.63, 3.8) is 0 Å². The molecule has 1 unspecified atom stereocenters. The van der Waals surface area contributed by atoms with Crippen LogP contribution in [0.2, 0.25) is 0 Å². The molecule has 0 fully saturated rings. The maximum Gasteiger partial charge on any atom is 0.410 e. The third-order valence-corrected chi connectivity index (χ3v) is 4.11. The fourth-order valence-corrected chi connectivity index (χ4v) is 2.86. The zero-order valence-corrected chi connectivity index (χ0v) is 15.7. The van der Waals surface area contributed by atoms with Crippen LogP contribution in [0.1, 0.15) is 49.9 Å². The average Bonchev–Trinajstić information content (AvgIpc) is 2.79. The van der Waals surface area contributed by atoms with Gasteiger partial charge >= 0.3 is 6.09 Å². The number of amides is 1. The lowest BCUT2D eigenvalue weighted by atomic mass is 10.1. The summed E-state index contributed by atoms with van der Waals surface area (Å²) < 4.78 is 5.21. The minimum absolute atomic E-state index is 0.240. The van der Waals surface area contributed by atoms with Crippen LogP contribution >= 0.6 is 34.8 Å². The minimum atomic E-state index is -2.00. The summed E-state index contributed by atoms with van der Waals surface area (Å²) in [6.45, 7) is 8.18. The predicted octanol–water partition coefficient (Wildman–Crippen LogP) is 4.35. The summed E-state index contributed by atoms with van der Waals surface area (Å²) in [7, 11) is 0. The Kier molecular flexibility index (Phi) is 4.96. The van der Waals surface area contributed by atoms with E-state index in [9.17, 15) is 9.59 Å². The lowest BCUT2D eigenvalue weighted by Crippen LogP contribution is -2.44. The summed E-state index contributed by atoms with van der Waals surface area (Å²) in [5, 5.41) is 0. The number of ether oxygens (including phenoxy) is 1. The van der Waals surface area contributed by atoms with Gasteiger partial charge in [0, 0.05) is 18.8 Å². The van der Waals surface area contributed by atoms with Crippen LogP contribution in [0.15, 0.2) is 12.1 Å². The first-order valence-corrected chi connectivity index (χ1v) is 8.36. The number of alkyl halides is 3. The van der Waals surface area contributed by atoms with Gasteiger partial charge in [-0.15, -0.1) is 0 Å². The Morgan fingerprint density at radius 2 is 1.78 bits per heavy atom. The standard InChI is InChI=1S/C15H19Cl3N2O3/c1-9-10-5-6-11(12(21)15(16,17)18)20(10)8-7-19(9)13(22)23-14(2,3)4/h5-6,9H,7-8H2,1-4H3. The van der Waals surface area contributed by atoms with Gasteiger partial charge < -0.3 is 9.30 Å². The van der Waals surface area contributed by atoms with Crippen molar-refractivity contribution in [1.82, 2.24) is 9.47 Å². The van der Waals surface area contributed by atoms with Crippen molar-refractivity contribution in [2.75, 3.05) is 6.54 Å². The van der Waals surface area contributed by atoms with Crippen molar-refractivity contribution in [3.05, 3.63) is 23.5 Å². The molecule has 1 aliphatic rings. The highest BCUT2D eigenvalue weighted by atomic mass is 35.6. The summed E-state index contributed by atoms with van der Waals surface area (Å²) in [6.07, 6.45) is -0.383. The van der Waals surface area contributed by atoms with E-state index < -0.39 is 15.2 Å². The van der Waals surface area contributed by atoms with Crippen molar-refractivity contribution >= 4 is 46.7 Å². The van der Waals surface area contributed by atoms with Gasteiger partial charge in [-0.2, -0.15) is 0 Å². The van der Waals surface area contributed by atoms with Gasteiger partial charge in [0.25, 0.3) is 3.79 Å². The van der Waals surface area contributed by atoms with Crippen LogP contribution in [0, 0.1) is 0 Å². The van der Waals surface area contributed by atoms with E-state index in [0.717, 1.165) is 5.69 Å². The molecule has 0 aromatic carbocycles. The Labute approximate surface area is 150 Å². The van der Waals surface area contributed by atoms with E-state index in [0.29, 0.717) is 18.8 Å². The van der Waals surface area contributed by atoms with E-state index in [1.54, 1.807) is 21.6 Å². The number of fused-ring (bicyclic) bond motifs is 1. The van der Waals surface area contributed by atoms with Crippen LogP contribution in [0.25, 0.3) is 0 Å². The van der Waals surface area contributed by atoms with E-state index in [1.807, 2.05) is 27.7 Å². The van der Waals surface area contributed by atoms with Gasteiger partial charge in [-0.3, -0.25) is 9.69 Å². The van der Waals surface area contributed by atoms with Gasteiger partial charge in [-0.1, -0.05) is 34.8 Å². The fraction of sp³-hybridized carbons (Fsp3) is 0.600. The zero-order valence-electron chi connectivity index (χ0n) is 13.4. The monoisotopic (exact) mass is 380 g/mol. The van der Waals surface area contributed by atoms with Crippen LogP contribution in [0.4, 0.5) is 4.79 Å². The van der Waals surface area contributed by atoms with Gasteiger partial charge in [0.2, 0.25) is 5.78 Å². The molecule has 128 valence electrons. The summed E-state index contributed by atoms with van der Waals surface area (Å²) in [4.78, 5) is 26.1. The third-order valence-electron chi connectivity index (χ3n) is 3.59. The normalized spacial score (nSPS) is 18.6. The molecule has 1 aliphatic heterocycles. The van der Waals surface area contributed by atoms with Crippen LogP contribution in [0.5, 0.6) is 0 Å². The van der Waals surface area contributed by atoms with Crippen LogP contribution in [0.3, 0.4) is 0 Å². The molecule has 0 N–H and O–H groups in total. The molecule has 5 nitrogen and oxygen atoms in total. The number of nitrogens with zero attached hydrogens (tertiary/aromatic N) is 2. The second-order valence-electron chi connectivity index (χ2n) is 6.47. The third kappa shape index (κ3) is 3.95. The summed E-state index contributed by atoms with van der Waals surface area (Å²) in [5.41, 5.74) is 0.572. The highest BCUT2D eigenvalue weighted by Gasteiger charge is 2.37. The molecule has 0 radical (unpaired) electrons. The molecular formula is C15H19Cl3N2O3. The first kappa shape index (κ1) is 18.4. The fourth-order valence-electron chi connectivity index (χ4n) is 2.57. The molecule has 2 heterocycles. The SMILES string of the molecule is CC1c2ccc(C(=O)C(Cl)(Cl)Cl)n2CCN1C(=O)OC(C)(C)C. The first-order valence-electron chi connectivity index (χ1n) is 7.22. The molecule has 1 amide bonds. The Bertz CT molecular complexity index is 629. The second-order valence-corrected chi connectivity index (χ2v) is 8.75. The van der Waals surface area contributed by atoms with Gasteiger partial charge in [-0.25, -0.2) is 4.79 Å². The van der Waals surface area contributed by atoms with E-state index in [2.05, 4.69) is 0 Å². The maximum atomic E-state index is 12.3. The molecule has 8 heteroatoms. The number of halogens is 3. The number of rotatable bonds is 1. The predicted molar refractivity (Wildman–Crippen MR) is 90.4 cm³/mol. The number of hydrogen-bond acceptors (Lipinski definition) is 3. The van der Waals surface area contributed by atoms with Crippen LogP contribution in [-0.4, -0.2) is 37.3 Å². The van der Waals surface area contributed by atoms with Crippen LogP contribution < -0.4 is 0 Å². The topological polar surface area (TPSA) is 51.5 Å². The number of ketones is 1. The highest BCUT2D eigenvalue weighted by molar-refractivity contribution is 6.77. The van der Waals surface area contributed by atoms with E-state index in [4.69, 9.17) is 39.5 Å². The number of carbonyl (C=O) groups excluding carboxylic acids is 2. The Balaban J connectivity index is 2.26. The number of aromatic nitrogens is 1. The highest BCUT2D eigenvalue weighted by Crippen LogP contribution is 2.34. The summed E-state index contributed by atoms with van der Waals surface area (Å²) >= 11 is 17.1. The number of hydrogen-bond donors (Lipinski definition) is 0. The summed E-state index contributed by atoms with van der Waals surface area (Å²) in [5.74, 6) is -0.577. The molecule has 23 heavy (non-hydrogen) atoms. The van der Waals surface area contributed by atoms with E-state index in [-0.39, 0.29) is 12.1 Å². The zero-order chi connectivity index (χ0) is 17.6. The van der Waals surface area contributed by atoms with Crippen molar-refractivity contribution in [3.8, 4) is 0 Å². The van der Waals surface area contributed by atoms with Crippen LogP contribution in [-0.2, 0) is 11.3 Å². The number of Topliss-reactive ketones (excluding diaryl/α,β-unsaturated/α-hetero) is 1. The van der Waals surface area contributed by atoms with Gasteiger partial charge in [0.05, 0.1) is 11.7 Å².